The van der Waals surface area contributed by atoms with Gasteiger partial charge >= 0.3 is 6.03 Å². The highest BCUT2D eigenvalue weighted by atomic mass is 16.5. The Bertz CT molecular complexity index is 847. The Morgan fingerprint density at radius 3 is 2.56 bits per heavy atom. The van der Waals surface area contributed by atoms with Crippen LogP contribution in [0.25, 0.3) is 0 Å². The smallest absolute Gasteiger partial charge is 0.328 e. The second-order valence-electron chi connectivity index (χ2n) is 8.88. The fourth-order valence-corrected chi connectivity index (χ4v) is 4.79. The van der Waals surface area contributed by atoms with Gasteiger partial charge in [-0.3, -0.25) is 19.8 Å². The van der Waals surface area contributed by atoms with Crippen LogP contribution in [0.3, 0.4) is 0 Å². The molecule has 3 aliphatic rings. The van der Waals surface area contributed by atoms with E-state index in [1.807, 2.05) is 0 Å². The van der Waals surface area contributed by atoms with Crippen LogP contribution in [0, 0.1) is 5.92 Å². The van der Waals surface area contributed by atoms with Gasteiger partial charge in [0.25, 0.3) is 5.91 Å². The molecular weight excluding hydrogens is 410 g/mol. The highest BCUT2D eigenvalue weighted by Gasteiger charge is 2.28. The van der Waals surface area contributed by atoms with Gasteiger partial charge in [0, 0.05) is 44.2 Å². The van der Waals surface area contributed by atoms with E-state index in [4.69, 9.17) is 4.74 Å². The van der Waals surface area contributed by atoms with Crippen molar-refractivity contribution in [2.75, 3.05) is 51.3 Å². The van der Waals surface area contributed by atoms with Crippen LogP contribution < -0.4 is 25.6 Å². The lowest BCUT2D eigenvalue weighted by Crippen LogP contribution is -2.49. The quantitative estimate of drug-likeness (QED) is 0.613. The van der Waals surface area contributed by atoms with Crippen molar-refractivity contribution in [3.63, 3.8) is 0 Å². The van der Waals surface area contributed by atoms with Gasteiger partial charge in [-0.05, 0) is 62.9 Å². The molecule has 0 saturated carbocycles. The van der Waals surface area contributed by atoms with Crippen LogP contribution in [0.15, 0.2) is 18.2 Å². The molecule has 32 heavy (non-hydrogen) atoms. The molecule has 3 aliphatic heterocycles. The van der Waals surface area contributed by atoms with E-state index >= 15 is 0 Å². The van der Waals surface area contributed by atoms with E-state index in [0.717, 1.165) is 51.5 Å². The Hall–Kier alpha value is -2.65. The second-order valence-corrected chi connectivity index (χ2v) is 8.88. The number of likely N-dealkylation sites (tertiary alicyclic amines) is 1. The van der Waals surface area contributed by atoms with Crippen LogP contribution >= 0.6 is 0 Å². The third-order valence-electron chi connectivity index (χ3n) is 6.68. The Morgan fingerprint density at radius 2 is 1.88 bits per heavy atom. The molecule has 0 bridgehead atoms. The van der Waals surface area contributed by atoms with Crippen molar-refractivity contribution in [2.45, 2.75) is 38.1 Å². The molecule has 4 amide bonds. The molecule has 3 saturated heterocycles. The van der Waals surface area contributed by atoms with Crippen LogP contribution in [-0.2, 0) is 4.79 Å². The van der Waals surface area contributed by atoms with Crippen molar-refractivity contribution >= 4 is 23.5 Å². The number of rotatable bonds is 6. The first-order valence-electron chi connectivity index (χ1n) is 11.6. The number of hydrogen-bond acceptors (Lipinski definition) is 6. The third kappa shape index (κ3) is 5.39. The third-order valence-corrected chi connectivity index (χ3v) is 6.68. The van der Waals surface area contributed by atoms with E-state index in [9.17, 15) is 14.4 Å². The van der Waals surface area contributed by atoms with Gasteiger partial charge in [0.15, 0.2) is 0 Å². The van der Waals surface area contributed by atoms with Gasteiger partial charge in [0.2, 0.25) is 5.91 Å². The zero-order valence-electron chi connectivity index (χ0n) is 18.7. The maximum atomic E-state index is 12.9. The van der Waals surface area contributed by atoms with E-state index in [1.165, 1.54) is 24.9 Å². The van der Waals surface area contributed by atoms with Crippen molar-refractivity contribution < 1.29 is 19.1 Å². The van der Waals surface area contributed by atoms with Gasteiger partial charge in [-0.15, -0.1) is 0 Å². The maximum absolute atomic E-state index is 12.9. The van der Waals surface area contributed by atoms with Crippen molar-refractivity contribution in [1.82, 2.24) is 20.9 Å². The number of benzene rings is 1. The fraction of sp³-hybridized carbons (Fsp3) is 0.609. The molecular formula is C23H33N5O4. The Morgan fingerprint density at radius 1 is 1.12 bits per heavy atom. The fourth-order valence-electron chi connectivity index (χ4n) is 4.79. The number of carbonyl (C=O) groups excluding carboxylic acids is 3. The predicted molar refractivity (Wildman–Crippen MR) is 121 cm³/mol. The summed E-state index contributed by atoms with van der Waals surface area (Å²) in [5.41, 5.74) is 0.963. The zero-order valence-corrected chi connectivity index (χ0v) is 18.7. The summed E-state index contributed by atoms with van der Waals surface area (Å²) >= 11 is 0. The molecule has 0 atom stereocenters. The minimum Gasteiger partial charge on any atom is -0.495 e. The standard InChI is InChI=1S/C23H33N5O4/c1-32-20-3-2-17(14-19(20)28-13-8-21(29)26-23(28)31)22(30)25-18-6-11-27(12-7-18)15-16-4-9-24-10-5-16/h2-3,14,16,18,24H,4-13,15H2,1H3,(H,25,30)(H,26,29,31). The Kier molecular flexibility index (Phi) is 7.26. The van der Waals surface area contributed by atoms with Gasteiger partial charge in [0.05, 0.1) is 12.8 Å². The lowest BCUT2D eigenvalue weighted by Gasteiger charge is -2.35. The monoisotopic (exact) mass is 443 g/mol. The topological polar surface area (TPSA) is 103 Å². The molecule has 0 radical (unpaired) electrons. The molecule has 0 spiro atoms. The van der Waals surface area contributed by atoms with Gasteiger partial charge in [-0.2, -0.15) is 0 Å². The Labute approximate surface area is 188 Å². The first-order valence-corrected chi connectivity index (χ1v) is 11.6. The minimum absolute atomic E-state index is 0.147. The average molecular weight is 444 g/mol. The molecule has 0 unspecified atom stereocenters. The molecule has 0 aromatic heterocycles. The summed E-state index contributed by atoms with van der Waals surface area (Å²) in [6.45, 7) is 5.66. The van der Waals surface area contributed by atoms with E-state index in [2.05, 4.69) is 20.9 Å². The van der Waals surface area contributed by atoms with Crippen LogP contribution in [0.2, 0.25) is 0 Å². The van der Waals surface area contributed by atoms with Crippen LogP contribution in [0.5, 0.6) is 5.75 Å². The zero-order chi connectivity index (χ0) is 22.5. The van der Waals surface area contributed by atoms with E-state index in [0.29, 0.717) is 17.0 Å². The molecule has 0 aliphatic carbocycles. The number of imide groups is 1. The number of urea groups is 1. The van der Waals surface area contributed by atoms with Crippen molar-refractivity contribution in [1.29, 1.82) is 0 Å². The van der Waals surface area contributed by atoms with Gasteiger partial charge in [-0.1, -0.05) is 0 Å². The number of carbonyl (C=O) groups is 3. The number of nitrogens with one attached hydrogen (secondary N) is 3. The molecule has 1 aromatic carbocycles. The van der Waals surface area contributed by atoms with Crippen LogP contribution in [0.1, 0.15) is 42.5 Å². The summed E-state index contributed by atoms with van der Waals surface area (Å²) in [5.74, 6) is 0.810. The second kappa shape index (κ2) is 10.3. The number of ether oxygens (including phenoxy) is 1. The summed E-state index contributed by atoms with van der Waals surface area (Å²) in [6, 6.07) is 4.70. The molecule has 9 nitrogen and oxygen atoms in total. The van der Waals surface area contributed by atoms with Crippen molar-refractivity contribution in [3.8, 4) is 5.75 Å². The first kappa shape index (κ1) is 22.5. The normalized spacial score (nSPS) is 21.3. The molecule has 4 rings (SSSR count). The largest absolute Gasteiger partial charge is 0.495 e. The summed E-state index contributed by atoms with van der Waals surface area (Å²) in [4.78, 5) is 40.7. The molecule has 9 heteroatoms. The first-order chi connectivity index (χ1) is 15.5. The molecule has 3 heterocycles. The van der Waals surface area contributed by atoms with Crippen molar-refractivity contribution in [3.05, 3.63) is 23.8 Å². The van der Waals surface area contributed by atoms with Gasteiger partial charge in [0.1, 0.15) is 5.75 Å². The van der Waals surface area contributed by atoms with Crippen molar-refractivity contribution in [2.24, 2.45) is 5.92 Å². The number of nitrogens with zero attached hydrogens (tertiary/aromatic N) is 2. The number of anilines is 1. The predicted octanol–water partition coefficient (Wildman–Crippen LogP) is 1.34. The highest BCUT2D eigenvalue weighted by Crippen LogP contribution is 2.31. The van der Waals surface area contributed by atoms with E-state index in [1.54, 1.807) is 18.2 Å². The van der Waals surface area contributed by atoms with E-state index in [-0.39, 0.29) is 30.8 Å². The Balaban J connectivity index is 1.34. The number of piperidine rings is 2. The molecule has 3 N–H and O–H groups in total. The summed E-state index contributed by atoms with van der Waals surface area (Å²) in [6.07, 6.45) is 4.59. The van der Waals surface area contributed by atoms with Crippen LogP contribution in [-0.4, -0.2) is 75.2 Å². The molecule has 3 fully saturated rings. The summed E-state index contributed by atoms with van der Waals surface area (Å²) in [7, 11) is 1.52. The maximum Gasteiger partial charge on any atom is 0.328 e. The summed E-state index contributed by atoms with van der Waals surface area (Å²) < 4.78 is 5.38. The summed E-state index contributed by atoms with van der Waals surface area (Å²) in [5, 5.41) is 8.88. The van der Waals surface area contributed by atoms with Gasteiger partial charge in [-0.25, -0.2) is 4.79 Å². The van der Waals surface area contributed by atoms with E-state index < -0.39 is 6.03 Å². The SMILES string of the molecule is COc1ccc(C(=O)NC2CCN(CC3CCNCC3)CC2)cc1N1CCC(=O)NC1=O. The lowest BCUT2D eigenvalue weighted by molar-refractivity contribution is -0.120. The lowest BCUT2D eigenvalue weighted by atomic mass is 9.95. The number of hydrogen-bond donors (Lipinski definition) is 3. The highest BCUT2D eigenvalue weighted by molar-refractivity contribution is 6.07. The van der Waals surface area contributed by atoms with Crippen LogP contribution in [0.4, 0.5) is 10.5 Å². The number of amides is 4. The number of methoxy groups -OCH3 is 1. The van der Waals surface area contributed by atoms with Gasteiger partial charge < -0.3 is 20.3 Å². The molecule has 1 aromatic rings. The minimum atomic E-state index is -0.502. The average Bonchev–Trinajstić information content (AvgIpc) is 2.81. The molecule has 174 valence electrons.